The van der Waals surface area contributed by atoms with Crippen LogP contribution in [0, 0.1) is 5.92 Å². The number of allylic oxidation sites excluding steroid dienone is 2. The van der Waals surface area contributed by atoms with Crippen molar-refractivity contribution in [3.8, 4) is 11.5 Å². The zero-order valence-corrected chi connectivity index (χ0v) is 15.3. The molecule has 3 unspecified atom stereocenters. The molecule has 0 bridgehead atoms. The van der Waals surface area contributed by atoms with Crippen molar-refractivity contribution in [2.45, 2.75) is 18.4 Å². The first-order valence-corrected chi connectivity index (χ1v) is 9.13. The summed E-state index contributed by atoms with van der Waals surface area (Å²) < 4.78 is 16.2. The lowest BCUT2D eigenvalue weighted by Gasteiger charge is -2.37. The van der Waals surface area contributed by atoms with Crippen molar-refractivity contribution < 1.29 is 14.2 Å². The maximum absolute atomic E-state index is 5.81. The van der Waals surface area contributed by atoms with Gasteiger partial charge in [0.05, 0.1) is 19.8 Å². The molecule has 0 aromatic heterocycles. The molecule has 0 spiro atoms. The molecule has 0 saturated carbocycles. The second-order valence-electron chi connectivity index (χ2n) is 6.84. The molecule has 1 aliphatic heterocycles. The van der Waals surface area contributed by atoms with Gasteiger partial charge >= 0.3 is 0 Å². The summed E-state index contributed by atoms with van der Waals surface area (Å²) in [4.78, 5) is 0. The van der Waals surface area contributed by atoms with E-state index in [2.05, 4.69) is 41.7 Å². The lowest BCUT2D eigenvalue weighted by Crippen LogP contribution is -2.29. The highest BCUT2D eigenvalue weighted by molar-refractivity contribution is 5.61. The number of methoxy groups -OCH3 is 2. The highest BCUT2D eigenvalue weighted by Crippen LogP contribution is 2.50. The Kier molecular flexibility index (Phi) is 4.85. The summed E-state index contributed by atoms with van der Waals surface area (Å²) >= 11 is 0. The lowest BCUT2D eigenvalue weighted by atomic mass is 9.77. The molecule has 2 aliphatic rings. The minimum absolute atomic E-state index is 0.300. The third-order valence-electron chi connectivity index (χ3n) is 5.37. The van der Waals surface area contributed by atoms with Crippen molar-refractivity contribution in [2.24, 2.45) is 5.92 Å². The second kappa shape index (κ2) is 7.42. The van der Waals surface area contributed by atoms with Gasteiger partial charge in [-0.25, -0.2) is 0 Å². The van der Waals surface area contributed by atoms with Crippen LogP contribution < -0.4 is 14.8 Å². The Morgan fingerprint density at radius 3 is 2.58 bits per heavy atom. The molecule has 4 nitrogen and oxygen atoms in total. The van der Waals surface area contributed by atoms with Gasteiger partial charge in [-0.2, -0.15) is 0 Å². The molecule has 0 amide bonds. The Morgan fingerprint density at radius 2 is 1.81 bits per heavy atom. The molecule has 0 radical (unpaired) electrons. The zero-order valence-electron chi connectivity index (χ0n) is 15.3. The maximum Gasteiger partial charge on any atom is 0.119 e. The van der Waals surface area contributed by atoms with Crippen LogP contribution in [0.4, 0.5) is 5.69 Å². The van der Waals surface area contributed by atoms with Crippen LogP contribution in [0.15, 0.2) is 54.6 Å². The van der Waals surface area contributed by atoms with E-state index in [0.29, 0.717) is 31.1 Å². The summed E-state index contributed by atoms with van der Waals surface area (Å²) in [6.07, 6.45) is 5.74. The van der Waals surface area contributed by atoms with Crippen LogP contribution in [0.5, 0.6) is 11.5 Å². The molecule has 1 aliphatic carbocycles. The third-order valence-corrected chi connectivity index (χ3v) is 5.37. The molecule has 4 heteroatoms. The molecule has 3 atom stereocenters. The van der Waals surface area contributed by atoms with Gasteiger partial charge in [-0.05, 0) is 53.8 Å². The summed E-state index contributed by atoms with van der Waals surface area (Å²) in [6, 6.07) is 15.1. The molecule has 0 fully saturated rings. The molecule has 26 heavy (non-hydrogen) atoms. The van der Waals surface area contributed by atoms with E-state index in [0.717, 1.165) is 17.9 Å². The van der Waals surface area contributed by atoms with Gasteiger partial charge in [-0.3, -0.25) is 0 Å². The topological polar surface area (TPSA) is 39.7 Å². The van der Waals surface area contributed by atoms with Gasteiger partial charge in [0.1, 0.15) is 18.1 Å². The Morgan fingerprint density at radius 1 is 1.00 bits per heavy atom. The van der Waals surface area contributed by atoms with Crippen LogP contribution in [-0.4, -0.2) is 27.4 Å². The van der Waals surface area contributed by atoms with Crippen LogP contribution in [0.25, 0.3) is 0 Å². The first-order valence-electron chi connectivity index (χ1n) is 9.13. The molecule has 1 N–H and O–H groups in total. The van der Waals surface area contributed by atoms with Gasteiger partial charge in [-0.1, -0.05) is 24.3 Å². The van der Waals surface area contributed by atoms with Crippen molar-refractivity contribution in [2.75, 3.05) is 32.8 Å². The average molecular weight is 351 g/mol. The van der Waals surface area contributed by atoms with Crippen molar-refractivity contribution in [3.63, 3.8) is 0 Å². The highest BCUT2D eigenvalue weighted by Gasteiger charge is 2.38. The number of anilines is 1. The number of rotatable bonds is 6. The van der Waals surface area contributed by atoms with Crippen molar-refractivity contribution in [1.82, 2.24) is 0 Å². The molecule has 2 aromatic carbocycles. The Balaban J connectivity index is 1.61. The Hall–Kier alpha value is -2.46. The fourth-order valence-corrected chi connectivity index (χ4v) is 4.05. The summed E-state index contributed by atoms with van der Waals surface area (Å²) in [6.45, 7) is 1.17. The second-order valence-corrected chi connectivity index (χ2v) is 6.84. The quantitative estimate of drug-likeness (QED) is 0.612. The maximum atomic E-state index is 5.81. The van der Waals surface area contributed by atoms with Gasteiger partial charge in [0.25, 0.3) is 0 Å². The van der Waals surface area contributed by atoms with E-state index >= 15 is 0 Å². The van der Waals surface area contributed by atoms with E-state index in [9.17, 15) is 0 Å². The summed E-state index contributed by atoms with van der Waals surface area (Å²) in [5.41, 5.74) is 3.82. The first-order chi connectivity index (χ1) is 12.8. The first kappa shape index (κ1) is 17.0. The Bertz CT molecular complexity index is 784. The monoisotopic (exact) mass is 351 g/mol. The standard InChI is InChI=1S/C22H25NO3/c1-24-12-13-26-17-10-11-21-20(14-17)18-4-3-5-19(18)22(23-21)15-6-8-16(25-2)9-7-15/h3-4,6-11,14,18-19,22-23H,5,12-13H2,1-2H3. The fraction of sp³-hybridized carbons (Fsp3) is 0.364. The minimum atomic E-state index is 0.300. The molecule has 2 aromatic rings. The van der Waals surface area contributed by atoms with Crippen molar-refractivity contribution in [1.29, 1.82) is 0 Å². The third kappa shape index (κ3) is 3.17. The van der Waals surface area contributed by atoms with Crippen LogP contribution in [0.2, 0.25) is 0 Å². The van der Waals surface area contributed by atoms with Crippen molar-refractivity contribution >= 4 is 5.69 Å². The number of hydrogen-bond donors (Lipinski definition) is 1. The summed E-state index contributed by atoms with van der Waals surface area (Å²) in [5.74, 6) is 2.74. The van der Waals surface area contributed by atoms with Crippen molar-refractivity contribution in [3.05, 3.63) is 65.7 Å². The van der Waals surface area contributed by atoms with Crippen LogP contribution in [-0.2, 0) is 4.74 Å². The number of ether oxygens (including phenoxy) is 3. The lowest BCUT2D eigenvalue weighted by molar-refractivity contribution is 0.146. The molecular formula is C22H25NO3. The average Bonchev–Trinajstić information content (AvgIpc) is 3.18. The number of nitrogens with one attached hydrogen (secondary N) is 1. The van der Waals surface area contributed by atoms with Gasteiger partial charge in [-0.15, -0.1) is 0 Å². The predicted molar refractivity (Wildman–Crippen MR) is 103 cm³/mol. The van der Waals surface area contributed by atoms with Gasteiger partial charge < -0.3 is 19.5 Å². The SMILES string of the molecule is COCCOc1ccc2c(c1)C1C=CCC1C(c1ccc(OC)cc1)N2. The summed E-state index contributed by atoms with van der Waals surface area (Å²) in [5, 5.41) is 3.76. The van der Waals surface area contributed by atoms with E-state index < -0.39 is 0 Å². The molecule has 136 valence electrons. The smallest absolute Gasteiger partial charge is 0.119 e. The largest absolute Gasteiger partial charge is 0.497 e. The van der Waals surface area contributed by atoms with E-state index in [4.69, 9.17) is 14.2 Å². The summed E-state index contributed by atoms with van der Waals surface area (Å²) in [7, 11) is 3.39. The zero-order chi connectivity index (χ0) is 17.9. The molecule has 0 saturated heterocycles. The normalized spacial score (nSPS) is 23.1. The van der Waals surface area contributed by atoms with Gasteiger partial charge in [0, 0.05) is 18.7 Å². The highest BCUT2D eigenvalue weighted by atomic mass is 16.5. The molecular weight excluding hydrogens is 326 g/mol. The number of fused-ring (bicyclic) bond motifs is 3. The minimum Gasteiger partial charge on any atom is -0.497 e. The molecule has 4 rings (SSSR count). The van der Waals surface area contributed by atoms with E-state index in [1.54, 1.807) is 14.2 Å². The van der Waals surface area contributed by atoms with E-state index in [-0.39, 0.29) is 0 Å². The van der Waals surface area contributed by atoms with E-state index in [1.165, 1.54) is 16.8 Å². The fourth-order valence-electron chi connectivity index (χ4n) is 4.05. The Labute approximate surface area is 154 Å². The number of hydrogen-bond acceptors (Lipinski definition) is 4. The van der Waals surface area contributed by atoms with Crippen LogP contribution >= 0.6 is 0 Å². The number of benzene rings is 2. The van der Waals surface area contributed by atoms with Gasteiger partial charge in [0.2, 0.25) is 0 Å². The van der Waals surface area contributed by atoms with Crippen LogP contribution in [0.3, 0.4) is 0 Å². The van der Waals surface area contributed by atoms with E-state index in [1.807, 2.05) is 18.2 Å². The predicted octanol–water partition coefficient (Wildman–Crippen LogP) is 4.55. The van der Waals surface area contributed by atoms with Crippen LogP contribution in [0.1, 0.15) is 29.5 Å². The van der Waals surface area contributed by atoms with Gasteiger partial charge in [0.15, 0.2) is 0 Å². The molecule has 1 heterocycles.